The number of ether oxygens (including phenoxy) is 4. The summed E-state index contributed by atoms with van der Waals surface area (Å²) in [4.78, 5) is 12.6. The van der Waals surface area contributed by atoms with Crippen molar-refractivity contribution in [1.82, 2.24) is 5.32 Å². The van der Waals surface area contributed by atoms with Gasteiger partial charge < -0.3 is 24.3 Å². The first-order chi connectivity index (χ1) is 19.1. The zero-order valence-corrected chi connectivity index (χ0v) is 21.3. The molecule has 3 rings (SSSR count). The SMILES string of the molecule is C[C@@](C#N)(COc1cc(C#N)ccc1Oc1ccc(OC(F)(F)F)cc1Cl)NC(=O)c1ccc(OC(F)(F)F)cc1. The Kier molecular flexibility index (Phi) is 9.10. The van der Waals surface area contributed by atoms with Gasteiger partial charge in [-0.05, 0) is 55.5 Å². The summed E-state index contributed by atoms with van der Waals surface area (Å²) in [7, 11) is 0. The summed E-state index contributed by atoms with van der Waals surface area (Å²) in [6.45, 7) is 0.804. The predicted molar refractivity (Wildman–Crippen MR) is 129 cm³/mol. The number of halogens is 7. The van der Waals surface area contributed by atoms with Crippen molar-refractivity contribution in [3.63, 3.8) is 0 Å². The third-order valence-corrected chi connectivity index (χ3v) is 5.23. The highest BCUT2D eigenvalue weighted by molar-refractivity contribution is 6.32. The largest absolute Gasteiger partial charge is 0.573 e. The van der Waals surface area contributed by atoms with Crippen molar-refractivity contribution in [2.45, 2.75) is 25.2 Å². The van der Waals surface area contributed by atoms with Crippen molar-refractivity contribution in [2.75, 3.05) is 6.61 Å². The lowest BCUT2D eigenvalue weighted by Gasteiger charge is -2.24. The molecule has 1 amide bonds. The van der Waals surface area contributed by atoms with E-state index >= 15 is 0 Å². The summed E-state index contributed by atoms with van der Waals surface area (Å²) in [5.41, 5.74) is -1.65. The summed E-state index contributed by atoms with van der Waals surface area (Å²) in [6.07, 6.45) is -9.85. The molecule has 0 aliphatic rings. The Bertz CT molecular complexity index is 1500. The Hall–Kier alpha value is -4.82. The number of nitrogens with one attached hydrogen (secondary N) is 1. The molecule has 0 unspecified atom stereocenters. The number of hydrogen-bond donors (Lipinski definition) is 1. The molecule has 41 heavy (non-hydrogen) atoms. The van der Waals surface area contributed by atoms with Gasteiger partial charge in [-0.2, -0.15) is 10.5 Å². The number of nitrogens with zero attached hydrogens (tertiary/aromatic N) is 2. The van der Waals surface area contributed by atoms with Crippen LogP contribution in [0.3, 0.4) is 0 Å². The Balaban J connectivity index is 1.76. The zero-order chi connectivity index (χ0) is 30.4. The fraction of sp³-hybridized carbons (Fsp3) is 0.192. The molecule has 0 heterocycles. The molecule has 3 aromatic carbocycles. The molecule has 15 heteroatoms. The van der Waals surface area contributed by atoms with E-state index in [0.29, 0.717) is 0 Å². The van der Waals surface area contributed by atoms with Crippen LogP contribution in [0.2, 0.25) is 5.02 Å². The number of carbonyl (C=O) groups is 1. The number of nitriles is 2. The minimum atomic E-state index is -4.94. The lowest BCUT2D eigenvalue weighted by Crippen LogP contribution is -2.49. The van der Waals surface area contributed by atoms with E-state index < -0.39 is 42.3 Å². The maximum Gasteiger partial charge on any atom is 0.573 e. The molecule has 3 aromatic rings. The molecule has 0 spiro atoms. The van der Waals surface area contributed by atoms with Gasteiger partial charge in [-0.3, -0.25) is 4.79 Å². The van der Waals surface area contributed by atoms with Crippen LogP contribution in [0.25, 0.3) is 0 Å². The van der Waals surface area contributed by atoms with Gasteiger partial charge in [0.15, 0.2) is 17.0 Å². The van der Waals surface area contributed by atoms with Crippen molar-refractivity contribution >= 4 is 17.5 Å². The molecule has 0 aromatic heterocycles. The van der Waals surface area contributed by atoms with Gasteiger partial charge in [0.2, 0.25) is 0 Å². The lowest BCUT2D eigenvalue weighted by molar-refractivity contribution is -0.275. The van der Waals surface area contributed by atoms with E-state index in [1.54, 1.807) is 0 Å². The Morgan fingerprint density at radius 2 is 1.44 bits per heavy atom. The monoisotopic (exact) mass is 599 g/mol. The van der Waals surface area contributed by atoms with E-state index in [4.69, 9.17) is 21.1 Å². The molecule has 0 radical (unpaired) electrons. The summed E-state index contributed by atoms with van der Waals surface area (Å²) in [5.74, 6) is -2.17. The standard InChI is InChI=1S/C26H16ClF6N3O5/c1-24(13-35,36-23(37)16-3-5-17(6-4-16)40-25(28,29)30)14-38-22-10-15(12-34)2-8-21(22)39-20-9-7-18(11-19(20)27)41-26(31,32)33/h2-11H,14H2,1H3,(H,36,37)/t24-/m1/s1. The predicted octanol–water partition coefficient (Wildman–Crippen LogP) is 6.89. The van der Waals surface area contributed by atoms with Crippen LogP contribution >= 0.6 is 11.6 Å². The summed E-state index contributed by atoms with van der Waals surface area (Å²) in [6, 6.07) is 14.6. The number of carbonyl (C=O) groups excluding carboxylic acids is 1. The van der Waals surface area contributed by atoms with Gasteiger partial charge in [0, 0.05) is 17.7 Å². The second-order valence-corrected chi connectivity index (χ2v) is 8.68. The fourth-order valence-electron chi connectivity index (χ4n) is 3.10. The van der Waals surface area contributed by atoms with Crippen LogP contribution in [0, 0.1) is 22.7 Å². The Labute approximate surface area is 233 Å². The number of hydrogen-bond acceptors (Lipinski definition) is 7. The number of rotatable bonds is 9. The van der Waals surface area contributed by atoms with Crippen LogP contribution in [0.5, 0.6) is 28.7 Å². The molecule has 0 fully saturated rings. The van der Waals surface area contributed by atoms with Crippen molar-refractivity contribution in [3.8, 4) is 40.9 Å². The first-order valence-corrected chi connectivity index (χ1v) is 11.5. The van der Waals surface area contributed by atoms with Crippen LogP contribution in [0.1, 0.15) is 22.8 Å². The van der Waals surface area contributed by atoms with Crippen LogP contribution in [0.15, 0.2) is 60.7 Å². The molecule has 0 saturated heterocycles. The average molecular weight is 600 g/mol. The van der Waals surface area contributed by atoms with Gasteiger partial charge in [0.1, 0.15) is 23.9 Å². The van der Waals surface area contributed by atoms with E-state index in [1.807, 2.05) is 12.1 Å². The maximum atomic E-state index is 12.6. The summed E-state index contributed by atoms with van der Waals surface area (Å²) in [5, 5.41) is 21.1. The lowest BCUT2D eigenvalue weighted by atomic mass is 10.0. The molecule has 0 bridgehead atoms. The van der Waals surface area contributed by atoms with Crippen molar-refractivity contribution < 1.29 is 50.1 Å². The summed E-state index contributed by atoms with van der Waals surface area (Å²) >= 11 is 6.03. The second kappa shape index (κ2) is 12.1. The molecule has 0 aliphatic carbocycles. The van der Waals surface area contributed by atoms with Gasteiger partial charge in [0.25, 0.3) is 5.91 Å². The minimum Gasteiger partial charge on any atom is -0.486 e. The molecule has 8 nitrogen and oxygen atoms in total. The third-order valence-electron chi connectivity index (χ3n) is 4.93. The van der Waals surface area contributed by atoms with Gasteiger partial charge in [-0.25, -0.2) is 0 Å². The third kappa shape index (κ3) is 9.12. The molecule has 0 aliphatic heterocycles. The molecule has 214 valence electrons. The fourth-order valence-corrected chi connectivity index (χ4v) is 3.31. The Morgan fingerprint density at radius 3 is 2.00 bits per heavy atom. The zero-order valence-electron chi connectivity index (χ0n) is 20.6. The minimum absolute atomic E-state index is 0.0396. The van der Waals surface area contributed by atoms with E-state index in [9.17, 15) is 41.7 Å². The highest BCUT2D eigenvalue weighted by Crippen LogP contribution is 2.38. The Morgan fingerprint density at radius 1 is 0.854 bits per heavy atom. The number of benzene rings is 3. The van der Waals surface area contributed by atoms with Gasteiger partial charge in [-0.1, -0.05) is 11.6 Å². The highest BCUT2D eigenvalue weighted by Gasteiger charge is 2.32. The number of alkyl halides is 6. The molecule has 0 saturated carbocycles. The van der Waals surface area contributed by atoms with Crippen LogP contribution in [0.4, 0.5) is 26.3 Å². The normalized spacial score (nSPS) is 12.7. The van der Waals surface area contributed by atoms with Crippen LogP contribution in [-0.4, -0.2) is 30.8 Å². The molecular formula is C26H16ClF6N3O5. The van der Waals surface area contributed by atoms with Gasteiger partial charge in [-0.15, -0.1) is 26.3 Å². The summed E-state index contributed by atoms with van der Waals surface area (Å²) < 4.78 is 93.4. The first kappa shape index (κ1) is 30.7. The second-order valence-electron chi connectivity index (χ2n) is 8.27. The maximum absolute atomic E-state index is 12.6. The molecule has 1 N–H and O–H groups in total. The number of amides is 1. The van der Waals surface area contributed by atoms with Crippen LogP contribution < -0.4 is 24.3 Å². The van der Waals surface area contributed by atoms with E-state index in [2.05, 4.69) is 14.8 Å². The quantitative estimate of drug-likeness (QED) is 0.266. The van der Waals surface area contributed by atoms with Crippen LogP contribution in [-0.2, 0) is 0 Å². The van der Waals surface area contributed by atoms with Crippen molar-refractivity contribution in [3.05, 3.63) is 76.8 Å². The van der Waals surface area contributed by atoms with E-state index in [0.717, 1.165) is 42.5 Å². The molecular weight excluding hydrogens is 584 g/mol. The molecule has 1 atom stereocenters. The van der Waals surface area contributed by atoms with Gasteiger partial charge >= 0.3 is 12.7 Å². The van der Waals surface area contributed by atoms with Crippen molar-refractivity contribution in [2.24, 2.45) is 0 Å². The highest BCUT2D eigenvalue weighted by atomic mass is 35.5. The topological polar surface area (TPSA) is 114 Å². The smallest absolute Gasteiger partial charge is 0.486 e. The van der Waals surface area contributed by atoms with E-state index in [1.165, 1.54) is 25.1 Å². The first-order valence-electron chi connectivity index (χ1n) is 11.1. The average Bonchev–Trinajstić information content (AvgIpc) is 2.88. The van der Waals surface area contributed by atoms with E-state index in [-0.39, 0.29) is 33.4 Å². The van der Waals surface area contributed by atoms with Crippen molar-refractivity contribution in [1.29, 1.82) is 10.5 Å². The van der Waals surface area contributed by atoms with Gasteiger partial charge in [0.05, 0.1) is 22.7 Å².